The molecular formula is C19H29FIN3O2S. The zero-order valence-corrected chi connectivity index (χ0v) is 18.9. The predicted molar refractivity (Wildman–Crippen MR) is 119 cm³/mol. The van der Waals surface area contributed by atoms with Crippen LogP contribution in [0, 0.1) is 5.82 Å². The lowest BCUT2D eigenvalue weighted by atomic mass is 10.1. The second-order valence-electron chi connectivity index (χ2n) is 6.42. The highest BCUT2D eigenvalue weighted by atomic mass is 127. The zero-order valence-electron chi connectivity index (χ0n) is 15.7. The summed E-state index contributed by atoms with van der Waals surface area (Å²) in [4.78, 5) is 7.67. The smallest absolute Gasteiger partial charge is 0.194 e. The van der Waals surface area contributed by atoms with Gasteiger partial charge in [-0.2, -0.15) is 0 Å². The molecule has 2 fully saturated rings. The van der Waals surface area contributed by atoms with Crippen molar-refractivity contribution < 1.29 is 13.9 Å². The molecule has 2 heterocycles. The molecule has 2 aliphatic rings. The molecule has 2 saturated heterocycles. The van der Waals surface area contributed by atoms with Gasteiger partial charge in [-0.05, 0) is 31.9 Å². The number of hydrogen-bond acceptors (Lipinski definition) is 4. The maximum atomic E-state index is 13.7. The maximum Gasteiger partial charge on any atom is 0.194 e. The Labute approximate surface area is 182 Å². The lowest BCUT2D eigenvalue weighted by Crippen LogP contribution is -2.53. The number of ether oxygens (including phenoxy) is 2. The Kier molecular flexibility index (Phi) is 10.2. The number of morpholine rings is 1. The fourth-order valence-corrected chi connectivity index (χ4v) is 4.07. The van der Waals surface area contributed by atoms with E-state index in [2.05, 4.69) is 17.1 Å². The molecule has 0 bridgehead atoms. The van der Waals surface area contributed by atoms with E-state index in [1.165, 1.54) is 17.8 Å². The maximum absolute atomic E-state index is 13.7. The SMILES string of the molecule is CCNC(=NCCSc1ccccc1F)N1CCOC(C2CCCO2)C1.I. The van der Waals surface area contributed by atoms with Crippen LogP contribution in [-0.4, -0.2) is 68.2 Å². The van der Waals surface area contributed by atoms with Gasteiger partial charge < -0.3 is 19.7 Å². The van der Waals surface area contributed by atoms with Crippen molar-refractivity contribution in [3.05, 3.63) is 30.1 Å². The minimum Gasteiger partial charge on any atom is -0.375 e. The van der Waals surface area contributed by atoms with Crippen LogP contribution < -0.4 is 5.32 Å². The monoisotopic (exact) mass is 509 g/mol. The van der Waals surface area contributed by atoms with Crippen molar-refractivity contribution in [1.82, 2.24) is 10.2 Å². The summed E-state index contributed by atoms with van der Waals surface area (Å²) < 4.78 is 25.4. The summed E-state index contributed by atoms with van der Waals surface area (Å²) in [7, 11) is 0. The number of rotatable bonds is 6. The van der Waals surface area contributed by atoms with Gasteiger partial charge in [0.25, 0.3) is 0 Å². The van der Waals surface area contributed by atoms with Crippen molar-refractivity contribution in [2.75, 3.05) is 45.1 Å². The van der Waals surface area contributed by atoms with E-state index in [-0.39, 0.29) is 42.0 Å². The molecule has 0 radical (unpaired) electrons. The van der Waals surface area contributed by atoms with Crippen molar-refractivity contribution in [2.45, 2.75) is 36.9 Å². The highest BCUT2D eigenvalue weighted by Crippen LogP contribution is 2.22. The van der Waals surface area contributed by atoms with E-state index in [1.807, 2.05) is 12.1 Å². The molecule has 2 aliphatic heterocycles. The van der Waals surface area contributed by atoms with Crippen LogP contribution in [0.1, 0.15) is 19.8 Å². The summed E-state index contributed by atoms with van der Waals surface area (Å²) in [5.74, 6) is 1.49. The summed E-state index contributed by atoms with van der Waals surface area (Å²) in [6.45, 7) is 6.70. The summed E-state index contributed by atoms with van der Waals surface area (Å²) >= 11 is 1.50. The Morgan fingerprint density at radius 2 is 2.11 bits per heavy atom. The molecule has 2 unspecified atom stereocenters. The van der Waals surface area contributed by atoms with Gasteiger partial charge >= 0.3 is 0 Å². The summed E-state index contributed by atoms with van der Waals surface area (Å²) in [6.07, 6.45) is 2.51. The normalized spacial score (nSPS) is 23.2. The van der Waals surface area contributed by atoms with Gasteiger partial charge in [-0.15, -0.1) is 35.7 Å². The molecule has 5 nitrogen and oxygen atoms in total. The highest BCUT2D eigenvalue weighted by Gasteiger charge is 2.32. The van der Waals surface area contributed by atoms with Crippen molar-refractivity contribution in [3.63, 3.8) is 0 Å². The number of aliphatic imine (C=N–C) groups is 1. The second-order valence-corrected chi connectivity index (χ2v) is 7.56. The minimum atomic E-state index is -0.166. The van der Waals surface area contributed by atoms with Crippen LogP contribution in [0.15, 0.2) is 34.2 Å². The molecule has 0 aromatic heterocycles. The lowest BCUT2D eigenvalue weighted by molar-refractivity contribution is -0.0816. The summed E-state index contributed by atoms with van der Waals surface area (Å²) in [6, 6.07) is 6.87. The molecule has 1 aromatic rings. The molecular weight excluding hydrogens is 480 g/mol. The zero-order chi connectivity index (χ0) is 18.2. The van der Waals surface area contributed by atoms with E-state index in [0.717, 1.165) is 50.8 Å². The first-order valence-corrected chi connectivity index (χ1v) is 10.4. The average Bonchev–Trinajstić information content (AvgIpc) is 3.20. The molecule has 1 N–H and O–H groups in total. The molecule has 0 aliphatic carbocycles. The van der Waals surface area contributed by atoms with E-state index in [1.54, 1.807) is 6.07 Å². The van der Waals surface area contributed by atoms with Crippen molar-refractivity contribution in [3.8, 4) is 0 Å². The first-order valence-electron chi connectivity index (χ1n) is 9.41. The molecule has 1 aromatic carbocycles. The van der Waals surface area contributed by atoms with Crippen molar-refractivity contribution in [1.29, 1.82) is 0 Å². The average molecular weight is 509 g/mol. The lowest BCUT2D eigenvalue weighted by Gasteiger charge is -2.37. The van der Waals surface area contributed by atoms with E-state index in [9.17, 15) is 4.39 Å². The number of halogens is 2. The number of benzene rings is 1. The second kappa shape index (κ2) is 12.1. The largest absolute Gasteiger partial charge is 0.375 e. The molecule has 152 valence electrons. The Morgan fingerprint density at radius 1 is 1.30 bits per heavy atom. The predicted octanol–water partition coefficient (Wildman–Crippen LogP) is 3.38. The van der Waals surface area contributed by atoms with Gasteiger partial charge in [0.05, 0.1) is 19.3 Å². The first-order chi connectivity index (χ1) is 12.8. The molecule has 2 atom stereocenters. The van der Waals surface area contributed by atoms with Gasteiger partial charge in [-0.25, -0.2) is 4.39 Å². The van der Waals surface area contributed by atoms with Gasteiger partial charge in [0.2, 0.25) is 0 Å². The van der Waals surface area contributed by atoms with E-state index in [4.69, 9.17) is 14.5 Å². The van der Waals surface area contributed by atoms with Gasteiger partial charge in [-0.3, -0.25) is 4.99 Å². The minimum absolute atomic E-state index is 0. The molecule has 0 spiro atoms. The van der Waals surface area contributed by atoms with E-state index in [0.29, 0.717) is 18.0 Å². The Morgan fingerprint density at radius 3 is 2.85 bits per heavy atom. The van der Waals surface area contributed by atoms with E-state index < -0.39 is 0 Å². The van der Waals surface area contributed by atoms with Crippen molar-refractivity contribution in [2.24, 2.45) is 4.99 Å². The standard InChI is InChI=1S/C19H28FN3O2S.HI/c1-2-21-19(22-9-13-26-18-8-4-3-6-15(18)20)23-10-12-25-17(14-23)16-7-5-11-24-16;/h3-4,6,8,16-17H,2,5,7,9-14H2,1H3,(H,21,22);1H. The van der Waals surface area contributed by atoms with Crippen LogP contribution in [0.4, 0.5) is 4.39 Å². The highest BCUT2D eigenvalue weighted by molar-refractivity contribution is 14.0. The van der Waals surface area contributed by atoms with Gasteiger partial charge in [0, 0.05) is 36.9 Å². The molecule has 8 heteroatoms. The van der Waals surface area contributed by atoms with Crippen molar-refractivity contribution >= 4 is 41.7 Å². The molecule has 0 saturated carbocycles. The van der Waals surface area contributed by atoms with Crippen LogP contribution in [0.2, 0.25) is 0 Å². The topological polar surface area (TPSA) is 46.1 Å². The quantitative estimate of drug-likeness (QED) is 0.210. The number of hydrogen-bond donors (Lipinski definition) is 1. The third-order valence-electron chi connectivity index (χ3n) is 4.55. The van der Waals surface area contributed by atoms with E-state index >= 15 is 0 Å². The van der Waals surface area contributed by atoms with Crippen LogP contribution in [0.5, 0.6) is 0 Å². The fraction of sp³-hybridized carbons (Fsp3) is 0.632. The number of nitrogens with one attached hydrogen (secondary N) is 1. The van der Waals surface area contributed by atoms with Gasteiger partial charge in [0.1, 0.15) is 11.9 Å². The third-order valence-corrected chi connectivity index (χ3v) is 5.58. The van der Waals surface area contributed by atoms with Crippen LogP contribution >= 0.6 is 35.7 Å². The summed E-state index contributed by atoms with van der Waals surface area (Å²) in [5.41, 5.74) is 0. The van der Waals surface area contributed by atoms with Gasteiger partial charge in [0.15, 0.2) is 5.96 Å². The number of nitrogens with zero attached hydrogens (tertiary/aromatic N) is 2. The first kappa shape index (κ1) is 22.7. The fourth-order valence-electron chi connectivity index (χ4n) is 3.28. The number of thioether (sulfide) groups is 1. The Balaban J connectivity index is 0.00000261. The molecule has 0 amide bonds. The number of guanidine groups is 1. The Bertz CT molecular complexity index is 602. The molecule has 27 heavy (non-hydrogen) atoms. The van der Waals surface area contributed by atoms with Crippen LogP contribution in [-0.2, 0) is 9.47 Å². The molecule has 3 rings (SSSR count). The summed E-state index contributed by atoms with van der Waals surface area (Å²) in [5, 5.41) is 3.37. The van der Waals surface area contributed by atoms with Crippen LogP contribution in [0.3, 0.4) is 0 Å². The van der Waals surface area contributed by atoms with Gasteiger partial charge in [-0.1, -0.05) is 12.1 Å². The Hall–Kier alpha value is -0.580. The third kappa shape index (κ3) is 6.76. The van der Waals surface area contributed by atoms with Crippen LogP contribution in [0.25, 0.3) is 0 Å².